The Bertz CT molecular complexity index is 770. The van der Waals surface area contributed by atoms with E-state index in [9.17, 15) is 9.59 Å². The minimum absolute atomic E-state index is 0.0757. The van der Waals surface area contributed by atoms with Crippen molar-refractivity contribution >= 4 is 44.1 Å². The van der Waals surface area contributed by atoms with E-state index < -0.39 is 0 Å². The summed E-state index contributed by atoms with van der Waals surface area (Å²) in [7, 11) is 0. The van der Waals surface area contributed by atoms with Gasteiger partial charge in [-0.1, -0.05) is 25.2 Å². The van der Waals surface area contributed by atoms with Gasteiger partial charge < -0.3 is 0 Å². The Morgan fingerprint density at radius 3 is 2.86 bits per heavy atom. The second-order valence-corrected chi connectivity index (χ2v) is 8.00. The first-order chi connectivity index (χ1) is 10.3. The normalized spacial score (nSPS) is 16.2. The average Bonchev–Trinajstić information content (AvgIpc) is 2.80. The van der Waals surface area contributed by atoms with E-state index in [4.69, 9.17) is 0 Å². The molecular formula is C15H14BrN3O2S. The highest BCUT2D eigenvalue weighted by molar-refractivity contribution is 9.10. The molecule has 0 saturated heterocycles. The molecule has 5 nitrogen and oxygen atoms in total. The van der Waals surface area contributed by atoms with Crippen LogP contribution in [0.25, 0.3) is 0 Å². The highest BCUT2D eigenvalue weighted by Crippen LogP contribution is 2.38. The third-order valence-electron chi connectivity index (χ3n) is 3.42. The Kier molecular flexibility index (Phi) is 3.86. The molecule has 0 spiro atoms. The van der Waals surface area contributed by atoms with Crippen LogP contribution in [0.2, 0.25) is 0 Å². The van der Waals surface area contributed by atoms with Crippen LogP contribution in [0.5, 0.6) is 0 Å². The van der Waals surface area contributed by atoms with Gasteiger partial charge in [0, 0.05) is 23.3 Å². The van der Waals surface area contributed by atoms with E-state index in [0.717, 1.165) is 16.6 Å². The SMILES string of the molecule is CC1(C)CC(=O)c2sc(NC(=O)c3cncc(Br)c3)nc2C1. The monoisotopic (exact) mass is 379 g/mol. The van der Waals surface area contributed by atoms with Gasteiger partial charge in [0.15, 0.2) is 10.9 Å². The summed E-state index contributed by atoms with van der Waals surface area (Å²) in [5.74, 6) is -0.181. The molecule has 2 aromatic heterocycles. The quantitative estimate of drug-likeness (QED) is 0.862. The fourth-order valence-electron chi connectivity index (χ4n) is 2.48. The van der Waals surface area contributed by atoms with Crippen molar-refractivity contribution in [2.45, 2.75) is 26.7 Å². The number of aromatic nitrogens is 2. The summed E-state index contributed by atoms with van der Waals surface area (Å²) >= 11 is 4.53. The Labute approximate surface area is 140 Å². The Hall–Kier alpha value is -1.60. The molecule has 1 amide bonds. The van der Waals surface area contributed by atoms with Gasteiger partial charge in [-0.25, -0.2) is 4.98 Å². The van der Waals surface area contributed by atoms with Crippen molar-refractivity contribution in [2.75, 3.05) is 5.32 Å². The Balaban J connectivity index is 1.83. The molecule has 2 heterocycles. The number of anilines is 1. The maximum Gasteiger partial charge on any atom is 0.259 e. The molecule has 0 radical (unpaired) electrons. The summed E-state index contributed by atoms with van der Waals surface area (Å²) in [6.07, 6.45) is 4.37. The van der Waals surface area contributed by atoms with Crippen molar-refractivity contribution in [2.24, 2.45) is 5.41 Å². The summed E-state index contributed by atoms with van der Waals surface area (Å²) < 4.78 is 0.732. The van der Waals surface area contributed by atoms with Gasteiger partial charge >= 0.3 is 0 Å². The summed E-state index contributed by atoms with van der Waals surface area (Å²) in [5.41, 5.74) is 1.15. The van der Waals surface area contributed by atoms with Gasteiger partial charge in [0.05, 0.1) is 16.1 Å². The van der Waals surface area contributed by atoms with Gasteiger partial charge in [-0.15, -0.1) is 0 Å². The lowest BCUT2D eigenvalue weighted by Crippen LogP contribution is -2.26. The lowest BCUT2D eigenvalue weighted by atomic mass is 9.78. The minimum atomic E-state index is -0.286. The van der Waals surface area contributed by atoms with Crippen molar-refractivity contribution < 1.29 is 9.59 Å². The summed E-state index contributed by atoms with van der Waals surface area (Å²) in [5, 5.41) is 3.21. The number of thiazole rings is 1. The highest BCUT2D eigenvalue weighted by atomic mass is 79.9. The maximum absolute atomic E-state index is 12.2. The van der Waals surface area contributed by atoms with E-state index in [1.54, 1.807) is 12.3 Å². The van der Waals surface area contributed by atoms with Crippen LogP contribution in [0, 0.1) is 5.41 Å². The van der Waals surface area contributed by atoms with Gasteiger partial charge in [0.1, 0.15) is 0 Å². The molecule has 0 saturated carbocycles. The van der Waals surface area contributed by atoms with Crippen LogP contribution < -0.4 is 5.32 Å². The van der Waals surface area contributed by atoms with Gasteiger partial charge in [0.2, 0.25) is 0 Å². The van der Waals surface area contributed by atoms with Crippen LogP contribution in [0.3, 0.4) is 0 Å². The Morgan fingerprint density at radius 1 is 1.36 bits per heavy atom. The molecule has 0 fully saturated rings. The molecule has 0 aliphatic heterocycles. The summed E-state index contributed by atoms with van der Waals surface area (Å²) in [6.45, 7) is 4.11. The van der Waals surface area contributed by atoms with Gasteiger partial charge in [-0.2, -0.15) is 0 Å². The standard InChI is InChI=1S/C15H14BrN3O2S/c1-15(2)4-10-12(11(20)5-15)22-14(18-10)19-13(21)8-3-9(16)7-17-6-8/h3,6-7H,4-5H2,1-2H3,(H,18,19,21). The van der Waals surface area contributed by atoms with Crippen LogP contribution in [0.1, 0.15) is 46.0 Å². The van der Waals surface area contributed by atoms with Crippen molar-refractivity contribution in [3.8, 4) is 0 Å². The number of carbonyl (C=O) groups excluding carboxylic acids is 2. The minimum Gasteiger partial charge on any atom is -0.298 e. The first-order valence-corrected chi connectivity index (χ1v) is 8.40. The van der Waals surface area contributed by atoms with Crippen molar-refractivity contribution in [1.29, 1.82) is 0 Å². The topological polar surface area (TPSA) is 72.0 Å². The number of carbonyl (C=O) groups is 2. The number of hydrogen-bond acceptors (Lipinski definition) is 5. The van der Waals surface area contributed by atoms with Crippen LogP contribution in [-0.4, -0.2) is 21.7 Å². The number of nitrogens with zero attached hydrogens (tertiary/aromatic N) is 2. The van der Waals surface area contributed by atoms with Gasteiger partial charge in [-0.3, -0.25) is 19.9 Å². The maximum atomic E-state index is 12.2. The third kappa shape index (κ3) is 3.10. The number of halogens is 1. The second kappa shape index (κ2) is 5.55. The molecule has 2 aromatic rings. The number of hydrogen-bond donors (Lipinski definition) is 1. The van der Waals surface area contributed by atoms with E-state index in [2.05, 4.69) is 45.1 Å². The number of amides is 1. The van der Waals surface area contributed by atoms with E-state index in [1.165, 1.54) is 17.5 Å². The number of fused-ring (bicyclic) bond motifs is 1. The molecule has 1 aliphatic rings. The third-order valence-corrected chi connectivity index (χ3v) is 4.91. The zero-order valence-electron chi connectivity index (χ0n) is 12.1. The van der Waals surface area contributed by atoms with Crippen LogP contribution >= 0.6 is 27.3 Å². The highest BCUT2D eigenvalue weighted by Gasteiger charge is 2.34. The molecule has 0 aromatic carbocycles. The molecule has 1 aliphatic carbocycles. The molecule has 22 heavy (non-hydrogen) atoms. The number of pyridine rings is 1. The molecule has 3 rings (SSSR count). The first-order valence-electron chi connectivity index (χ1n) is 6.79. The van der Waals surface area contributed by atoms with Crippen molar-refractivity contribution in [1.82, 2.24) is 9.97 Å². The average molecular weight is 380 g/mol. The summed E-state index contributed by atoms with van der Waals surface area (Å²) in [4.78, 5) is 33.4. The lowest BCUT2D eigenvalue weighted by Gasteiger charge is -2.26. The number of ketones is 1. The van der Waals surface area contributed by atoms with Crippen LogP contribution in [-0.2, 0) is 6.42 Å². The van der Waals surface area contributed by atoms with E-state index >= 15 is 0 Å². The summed E-state index contributed by atoms with van der Waals surface area (Å²) in [6, 6.07) is 1.68. The first kappa shape index (κ1) is 15.3. The fourth-order valence-corrected chi connectivity index (χ4v) is 3.76. The van der Waals surface area contributed by atoms with Crippen LogP contribution in [0.15, 0.2) is 22.9 Å². The second-order valence-electron chi connectivity index (χ2n) is 6.08. The molecule has 7 heteroatoms. The van der Waals surface area contributed by atoms with Crippen LogP contribution in [0.4, 0.5) is 5.13 Å². The number of Topliss-reactive ketones (excluding diaryl/α,β-unsaturated/α-hetero) is 1. The zero-order valence-corrected chi connectivity index (χ0v) is 14.5. The molecular weight excluding hydrogens is 366 g/mol. The van der Waals surface area contributed by atoms with Gasteiger partial charge in [0.25, 0.3) is 5.91 Å². The molecule has 0 unspecified atom stereocenters. The predicted molar refractivity (Wildman–Crippen MR) is 88.4 cm³/mol. The largest absolute Gasteiger partial charge is 0.298 e. The van der Waals surface area contributed by atoms with Crippen molar-refractivity contribution in [3.63, 3.8) is 0 Å². The van der Waals surface area contributed by atoms with Gasteiger partial charge in [-0.05, 0) is 33.8 Å². The number of rotatable bonds is 2. The molecule has 114 valence electrons. The van der Waals surface area contributed by atoms with E-state index in [0.29, 0.717) is 22.0 Å². The zero-order chi connectivity index (χ0) is 15.9. The molecule has 0 bridgehead atoms. The molecule has 0 atom stereocenters. The van der Waals surface area contributed by atoms with E-state index in [-0.39, 0.29) is 17.1 Å². The fraction of sp³-hybridized carbons (Fsp3) is 0.333. The van der Waals surface area contributed by atoms with Crippen molar-refractivity contribution in [3.05, 3.63) is 39.1 Å². The Morgan fingerprint density at radius 2 is 2.14 bits per heavy atom. The smallest absolute Gasteiger partial charge is 0.259 e. The number of nitrogens with one attached hydrogen (secondary N) is 1. The predicted octanol–water partition coefficient (Wildman–Crippen LogP) is 3.71. The lowest BCUT2D eigenvalue weighted by molar-refractivity contribution is 0.0915. The van der Waals surface area contributed by atoms with E-state index in [1.807, 2.05) is 0 Å². The molecule has 1 N–H and O–H groups in total.